The molecule has 9 amide bonds. The van der Waals surface area contributed by atoms with E-state index in [-0.39, 0.29) is 32.2 Å². The fraction of sp³-hybridized carbons (Fsp3) is 0.667. The van der Waals surface area contributed by atoms with Crippen molar-refractivity contribution in [3.05, 3.63) is 12.2 Å². The van der Waals surface area contributed by atoms with E-state index in [0.29, 0.717) is 25.8 Å². The number of aliphatic hydroxyl groups excluding tert-OH is 1. The summed E-state index contributed by atoms with van der Waals surface area (Å²) >= 11 is 0. The highest BCUT2D eigenvalue weighted by Gasteiger charge is 2.40. The Labute approximate surface area is 312 Å². The summed E-state index contributed by atoms with van der Waals surface area (Å²) in [6.07, 6.45) is 2.05. The minimum Gasteiger partial charge on any atom is -0.391 e. The smallest absolute Gasteiger partial charge is 0.246 e. The van der Waals surface area contributed by atoms with Crippen LogP contribution in [0.15, 0.2) is 12.2 Å². The van der Waals surface area contributed by atoms with Crippen LogP contribution in [0.25, 0.3) is 0 Å². The molecule has 0 aromatic heterocycles. The molecule has 0 saturated carbocycles. The van der Waals surface area contributed by atoms with E-state index in [1.807, 2.05) is 0 Å². The molecule has 2 rings (SSSR count). The maximum Gasteiger partial charge on any atom is 0.246 e. The second-order valence-corrected chi connectivity index (χ2v) is 13.5. The third-order valence-corrected chi connectivity index (χ3v) is 8.94. The van der Waals surface area contributed by atoms with Gasteiger partial charge in [-0.15, -0.1) is 0 Å². The number of nitrogens with two attached hydrogens (primary N) is 4. The zero-order chi connectivity index (χ0) is 40.7. The first-order chi connectivity index (χ1) is 25.4. The third-order valence-electron chi connectivity index (χ3n) is 8.94. The maximum absolute atomic E-state index is 13.8. The third kappa shape index (κ3) is 13.7. The van der Waals surface area contributed by atoms with E-state index in [2.05, 4.69) is 31.9 Å². The number of hydrogen-bond donors (Lipinski definition) is 11. The zero-order valence-corrected chi connectivity index (χ0v) is 30.8. The second kappa shape index (κ2) is 21.5. The quantitative estimate of drug-likeness (QED) is 0.0655. The van der Waals surface area contributed by atoms with Crippen LogP contribution in [0.1, 0.15) is 72.1 Å². The van der Waals surface area contributed by atoms with E-state index in [1.54, 1.807) is 0 Å². The van der Waals surface area contributed by atoms with Crippen molar-refractivity contribution in [2.24, 2.45) is 22.9 Å². The maximum atomic E-state index is 13.8. The molecule has 0 aliphatic carbocycles. The number of carbonyl (C=O) groups excluding carboxylic acids is 9. The predicted octanol–water partition coefficient (Wildman–Crippen LogP) is -5.53. The molecule has 0 spiro atoms. The molecule has 302 valence electrons. The van der Waals surface area contributed by atoms with Crippen molar-refractivity contribution >= 4 is 53.2 Å². The number of rotatable bonds is 12. The van der Waals surface area contributed by atoms with Gasteiger partial charge in [-0.25, -0.2) is 0 Å². The number of primary amides is 2. The normalized spacial score (nSPS) is 26.5. The lowest BCUT2D eigenvalue weighted by molar-refractivity contribution is -0.143. The van der Waals surface area contributed by atoms with Crippen LogP contribution in [0.3, 0.4) is 0 Å². The Balaban J connectivity index is 2.58. The van der Waals surface area contributed by atoms with Crippen LogP contribution in [0, 0.1) is 0 Å². The van der Waals surface area contributed by atoms with E-state index in [4.69, 9.17) is 22.9 Å². The summed E-state index contributed by atoms with van der Waals surface area (Å²) in [5.74, 6) is -7.72. The van der Waals surface area contributed by atoms with Gasteiger partial charge in [-0.1, -0.05) is 18.6 Å². The first-order valence-corrected chi connectivity index (χ1v) is 17.9. The van der Waals surface area contributed by atoms with Gasteiger partial charge in [0.25, 0.3) is 0 Å². The summed E-state index contributed by atoms with van der Waals surface area (Å²) < 4.78 is 0. The molecule has 54 heavy (non-hydrogen) atoms. The van der Waals surface area contributed by atoms with Crippen LogP contribution in [-0.4, -0.2) is 131 Å². The van der Waals surface area contributed by atoms with E-state index < -0.39 is 114 Å². The van der Waals surface area contributed by atoms with Gasteiger partial charge in [-0.3, -0.25) is 43.2 Å². The Morgan fingerprint density at radius 2 is 1.59 bits per heavy atom. The number of hydrogen-bond acceptors (Lipinski definition) is 12. The molecule has 0 unspecified atom stereocenters. The highest BCUT2D eigenvalue weighted by Crippen LogP contribution is 2.20. The van der Waals surface area contributed by atoms with Crippen molar-refractivity contribution in [2.45, 2.75) is 127 Å². The lowest BCUT2D eigenvalue weighted by Crippen LogP contribution is -2.61. The van der Waals surface area contributed by atoms with Gasteiger partial charge in [-0.2, -0.15) is 0 Å². The molecule has 15 N–H and O–H groups in total. The summed E-state index contributed by atoms with van der Waals surface area (Å²) in [6.45, 7) is 4.28. The lowest BCUT2D eigenvalue weighted by atomic mass is 10.0. The van der Waals surface area contributed by atoms with Gasteiger partial charge in [0.05, 0.1) is 18.6 Å². The number of nitrogens with zero attached hydrogens (tertiary/aromatic N) is 1. The number of aliphatic hydroxyl groups is 1. The van der Waals surface area contributed by atoms with Crippen LogP contribution in [0.5, 0.6) is 0 Å². The summed E-state index contributed by atoms with van der Waals surface area (Å²) in [4.78, 5) is 119. The van der Waals surface area contributed by atoms with Crippen LogP contribution in [-0.2, 0) is 43.2 Å². The Hall–Kier alpha value is -5.15. The molecule has 0 aromatic rings. The molecule has 2 aliphatic rings. The van der Waals surface area contributed by atoms with Gasteiger partial charge < -0.3 is 64.8 Å². The van der Waals surface area contributed by atoms with Gasteiger partial charge in [-0.05, 0) is 65.8 Å². The van der Waals surface area contributed by atoms with Crippen molar-refractivity contribution in [3.63, 3.8) is 0 Å². The summed E-state index contributed by atoms with van der Waals surface area (Å²) in [5.41, 5.74) is 22.3. The molecule has 2 heterocycles. The van der Waals surface area contributed by atoms with Crippen molar-refractivity contribution < 1.29 is 48.3 Å². The monoisotopic (exact) mass is 765 g/mol. The lowest BCUT2D eigenvalue weighted by Gasteiger charge is -2.30. The van der Waals surface area contributed by atoms with Gasteiger partial charge in [0, 0.05) is 6.54 Å². The highest BCUT2D eigenvalue weighted by molar-refractivity contribution is 5.99. The Bertz CT molecular complexity index is 1440. The van der Waals surface area contributed by atoms with Crippen molar-refractivity contribution in [1.82, 2.24) is 36.8 Å². The first-order valence-electron chi connectivity index (χ1n) is 17.9. The molecule has 21 nitrogen and oxygen atoms in total. The van der Waals surface area contributed by atoms with E-state index in [0.717, 1.165) is 4.90 Å². The Kier molecular flexibility index (Phi) is 17.9. The van der Waals surface area contributed by atoms with E-state index in [9.17, 15) is 48.3 Å². The molecule has 1 saturated heterocycles. The molecule has 0 aromatic carbocycles. The van der Waals surface area contributed by atoms with Crippen molar-refractivity contribution in [1.29, 1.82) is 0 Å². The fourth-order valence-corrected chi connectivity index (χ4v) is 5.73. The number of unbranched alkanes of at least 4 members (excludes halogenated alkanes) is 1. The summed E-state index contributed by atoms with van der Waals surface area (Å²) in [5, 5.41) is 25.1. The Morgan fingerprint density at radius 1 is 0.926 bits per heavy atom. The zero-order valence-electron chi connectivity index (χ0n) is 30.8. The minimum absolute atomic E-state index is 0.0699. The number of fused-ring (bicyclic) bond motifs is 1. The van der Waals surface area contributed by atoms with Crippen LogP contribution < -0.4 is 54.8 Å². The molecule has 0 radical (unpaired) electrons. The van der Waals surface area contributed by atoms with Crippen LogP contribution in [0.2, 0.25) is 0 Å². The van der Waals surface area contributed by atoms with Gasteiger partial charge in [0.1, 0.15) is 42.3 Å². The fourth-order valence-electron chi connectivity index (χ4n) is 5.73. The Morgan fingerprint density at radius 3 is 2.20 bits per heavy atom. The van der Waals surface area contributed by atoms with Crippen LogP contribution in [0.4, 0.5) is 0 Å². The second-order valence-electron chi connectivity index (χ2n) is 13.5. The first kappa shape index (κ1) is 45.0. The molecular weight excluding hydrogens is 710 g/mol. The topological polar surface area (TPSA) is 353 Å². The van der Waals surface area contributed by atoms with Gasteiger partial charge in [0.15, 0.2) is 0 Å². The van der Waals surface area contributed by atoms with Crippen molar-refractivity contribution in [3.8, 4) is 0 Å². The van der Waals surface area contributed by atoms with Crippen LogP contribution >= 0.6 is 0 Å². The average molecular weight is 766 g/mol. The molecular formula is C33H55N11O10. The van der Waals surface area contributed by atoms with Crippen molar-refractivity contribution in [2.75, 3.05) is 13.1 Å². The van der Waals surface area contributed by atoms with E-state index >= 15 is 0 Å². The molecule has 0 bridgehead atoms. The largest absolute Gasteiger partial charge is 0.391 e. The number of carbonyl (C=O) groups is 9. The molecule has 9 atom stereocenters. The highest BCUT2D eigenvalue weighted by atomic mass is 16.3. The molecule has 21 heteroatoms. The van der Waals surface area contributed by atoms with E-state index in [1.165, 1.54) is 32.9 Å². The predicted molar refractivity (Wildman–Crippen MR) is 192 cm³/mol. The summed E-state index contributed by atoms with van der Waals surface area (Å²) in [7, 11) is 0. The van der Waals surface area contributed by atoms with Gasteiger partial charge in [0.2, 0.25) is 53.2 Å². The summed E-state index contributed by atoms with van der Waals surface area (Å²) in [6, 6.07) is -10.5. The van der Waals surface area contributed by atoms with Gasteiger partial charge >= 0.3 is 0 Å². The molecule has 1 fully saturated rings. The standard InChI is InChI=1S/C33H55N11O10/c1-16(26(37)47)38-29(50)20-10-4-5-11-21(40-28(49)19(35)9-6-7-13-34)30(51)42-22(15-24(36)46)33(54)44-14-8-12-23(44)31(52)39-17(2)27(48)43-25(18(3)45)32(53)41-20/h4-5,16-23,25,45H,6-15,34-35H2,1-3H3,(H2,36,46)(H2,37,47)(H,38,50)(H,39,52)(H,40,49)(H,41,53)(H,42,51)(H,43,48)/t16-,17-,18+,19-,20-,21-,22-,23-,25-/m0/s1. The molecule has 2 aliphatic heterocycles. The number of amides is 9. The minimum atomic E-state index is -1.62. The number of nitrogens with one attached hydrogen (secondary N) is 6. The average Bonchev–Trinajstić information content (AvgIpc) is 3.59. The SMILES string of the molecule is C[C@H](NC(=O)[C@@H]1CC=CC[C@H](NC(=O)[C@@H](N)CCCCN)C(=O)N[C@@H](CC(N)=O)C(=O)N2CCC[C@H]2C(=O)N[C@@H](C)C(=O)N[C@@H]([C@@H](C)O)C(=O)N1)C(N)=O.